The minimum Gasteiger partial charge on any atom is -0.442 e. The molecule has 4 aliphatic rings. The molecule has 0 bridgehead atoms. The SMILES string of the molecule is CC(C)=C[C@H]1C[C@]2(C)[C@H](CC[C@@]3(C)[C@H]2CC[C@H]2CC(=O)c4ccccc4NC(=O)O[C@@]23C)O1. The van der Waals surface area contributed by atoms with Crippen molar-refractivity contribution in [1.29, 1.82) is 0 Å². The molecule has 1 N–H and O–H groups in total. The summed E-state index contributed by atoms with van der Waals surface area (Å²) in [5.41, 5.74) is 1.49. The quantitative estimate of drug-likeness (QED) is 0.493. The second-order valence-electron chi connectivity index (χ2n) is 11.7. The molecule has 0 spiro atoms. The topological polar surface area (TPSA) is 64.6 Å². The van der Waals surface area contributed by atoms with Crippen LogP contribution in [-0.4, -0.2) is 29.7 Å². The first-order valence-electron chi connectivity index (χ1n) is 12.5. The summed E-state index contributed by atoms with van der Waals surface area (Å²) in [7, 11) is 0. The van der Waals surface area contributed by atoms with Crippen molar-refractivity contribution in [2.75, 3.05) is 5.32 Å². The second kappa shape index (κ2) is 7.69. The Morgan fingerprint density at radius 3 is 2.61 bits per heavy atom. The molecule has 2 heterocycles. The van der Waals surface area contributed by atoms with E-state index in [0.717, 1.165) is 32.1 Å². The molecule has 1 aromatic carbocycles. The first-order valence-corrected chi connectivity index (χ1v) is 12.5. The van der Waals surface area contributed by atoms with Gasteiger partial charge in [-0.05, 0) is 70.9 Å². The Morgan fingerprint density at radius 1 is 1.09 bits per heavy atom. The predicted molar refractivity (Wildman–Crippen MR) is 128 cm³/mol. The lowest BCUT2D eigenvalue weighted by Crippen LogP contribution is -2.65. The molecule has 2 aliphatic heterocycles. The van der Waals surface area contributed by atoms with Crippen molar-refractivity contribution in [2.45, 2.75) is 91.0 Å². The molecule has 1 aromatic rings. The van der Waals surface area contributed by atoms with E-state index in [1.807, 2.05) is 12.1 Å². The third-order valence-corrected chi connectivity index (χ3v) is 9.64. The lowest BCUT2D eigenvalue weighted by atomic mass is 9.43. The van der Waals surface area contributed by atoms with Crippen molar-refractivity contribution in [2.24, 2.45) is 22.7 Å². The van der Waals surface area contributed by atoms with Crippen molar-refractivity contribution in [3.63, 3.8) is 0 Å². The van der Waals surface area contributed by atoms with Crippen LogP contribution < -0.4 is 5.32 Å². The van der Waals surface area contributed by atoms with Gasteiger partial charge in [0, 0.05) is 28.7 Å². The highest BCUT2D eigenvalue weighted by atomic mass is 16.6. The number of amides is 1. The molecule has 0 unspecified atom stereocenters. The van der Waals surface area contributed by atoms with Gasteiger partial charge in [0.15, 0.2) is 5.78 Å². The molecule has 7 atom stereocenters. The molecular weight excluding hydrogens is 414 g/mol. The molecule has 5 rings (SSSR count). The number of ether oxygens (including phenoxy) is 2. The van der Waals surface area contributed by atoms with Crippen molar-refractivity contribution >= 4 is 17.6 Å². The van der Waals surface area contributed by atoms with E-state index < -0.39 is 11.7 Å². The van der Waals surface area contributed by atoms with Gasteiger partial charge >= 0.3 is 6.09 Å². The van der Waals surface area contributed by atoms with Crippen LogP contribution in [0.25, 0.3) is 0 Å². The van der Waals surface area contributed by atoms with Gasteiger partial charge in [0.25, 0.3) is 0 Å². The Hall–Kier alpha value is -2.14. The molecule has 33 heavy (non-hydrogen) atoms. The van der Waals surface area contributed by atoms with Gasteiger partial charge < -0.3 is 9.47 Å². The van der Waals surface area contributed by atoms with Crippen molar-refractivity contribution < 1.29 is 19.1 Å². The van der Waals surface area contributed by atoms with E-state index in [4.69, 9.17) is 9.47 Å². The first kappa shape index (κ1) is 22.6. The minimum absolute atomic E-state index is 0.000735. The Balaban J connectivity index is 1.52. The van der Waals surface area contributed by atoms with E-state index >= 15 is 0 Å². The number of ketones is 1. The third kappa shape index (κ3) is 3.38. The summed E-state index contributed by atoms with van der Waals surface area (Å²) in [6, 6.07) is 7.27. The number of para-hydroxylation sites is 1. The Labute approximate surface area is 197 Å². The molecule has 178 valence electrons. The number of anilines is 1. The summed E-state index contributed by atoms with van der Waals surface area (Å²) in [5, 5.41) is 2.87. The number of Topliss-reactive ketones (excluding diaryl/α,β-unsaturated/α-hetero) is 1. The highest BCUT2D eigenvalue weighted by molar-refractivity contribution is 6.04. The molecule has 5 nitrogen and oxygen atoms in total. The zero-order chi connectivity index (χ0) is 23.6. The van der Waals surface area contributed by atoms with Crippen LogP contribution in [0.4, 0.5) is 10.5 Å². The second-order valence-corrected chi connectivity index (χ2v) is 11.7. The number of hydrogen-bond acceptors (Lipinski definition) is 4. The highest BCUT2D eigenvalue weighted by Gasteiger charge is 2.67. The van der Waals surface area contributed by atoms with Gasteiger partial charge in [-0.3, -0.25) is 10.1 Å². The van der Waals surface area contributed by atoms with Crippen LogP contribution in [0.2, 0.25) is 0 Å². The number of fused-ring (bicyclic) bond motifs is 6. The van der Waals surface area contributed by atoms with Crippen LogP contribution in [-0.2, 0) is 9.47 Å². The van der Waals surface area contributed by atoms with Gasteiger partial charge in [-0.1, -0.05) is 37.6 Å². The third-order valence-electron chi connectivity index (χ3n) is 9.64. The maximum atomic E-state index is 13.3. The van der Waals surface area contributed by atoms with E-state index in [1.165, 1.54) is 5.57 Å². The van der Waals surface area contributed by atoms with Crippen molar-refractivity contribution in [3.8, 4) is 0 Å². The highest BCUT2D eigenvalue weighted by Crippen LogP contribution is 2.67. The molecule has 1 saturated heterocycles. The summed E-state index contributed by atoms with van der Waals surface area (Å²) in [6.45, 7) is 11.0. The van der Waals surface area contributed by atoms with Gasteiger partial charge in [-0.25, -0.2) is 4.79 Å². The zero-order valence-corrected chi connectivity index (χ0v) is 20.6. The molecule has 2 saturated carbocycles. The zero-order valence-electron chi connectivity index (χ0n) is 20.6. The van der Waals surface area contributed by atoms with Crippen molar-refractivity contribution in [3.05, 3.63) is 41.5 Å². The van der Waals surface area contributed by atoms with E-state index in [2.05, 4.69) is 46.0 Å². The monoisotopic (exact) mass is 451 g/mol. The van der Waals surface area contributed by atoms with E-state index in [1.54, 1.807) is 12.1 Å². The fourth-order valence-electron chi connectivity index (χ4n) is 7.89. The molecular formula is C28H37NO4. The standard InChI is InChI=1S/C28H37NO4/c1-17(2)14-19-16-26(3)23-11-10-18-15-22(30)20-8-6-7-9-21(20)29-25(31)33-28(18,5)27(23,4)13-12-24(26)32-19/h6-9,14,18-19,23-24H,10-13,15-16H2,1-5H3,(H,29,31)/t18-,19-,23-,24-,26-,27-,28-/m0/s1. The summed E-state index contributed by atoms with van der Waals surface area (Å²) >= 11 is 0. The summed E-state index contributed by atoms with van der Waals surface area (Å²) in [6.07, 6.45) is 7.40. The van der Waals surface area contributed by atoms with Crippen LogP contribution in [0.5, 0.6) is 0 Å². The number of carbonyl (C=O) groups excluding carboxylic acids is 2. The van der Waals surface area contributed by atoms with E-state index in [0.29, 0.717) is 23.6 Å². The lowest BCUT2D eigenvalue weighted by Gasteiger charge is -2.63. The van der Waals surface area contributed by atoms with Gasteiger partial charge in [0.2, 0.25) is 0 Å². The molecule has 3 fully saturated rings. The summed E-state index contributed by atoms with van der Waals surface area (Å²) < 4.78 is 12.9. The largest absolute Gasteiger partial charge is 0.442 e. The van der Waals surface area contributed by atoms with E-state index in [-0.39, 0.29) is 34.7 Å². The minimum atomic E-state index is -0.722. The Morgan fingerprint density at radius 2 is 1.85 bits per heavy atom. The predicted octanol–water partition coefficient (Wildman–Crippen LogP) is 6.54. The van der Waals surface area contributed by atoms with E-state index in [9.17, 15) is 9.59 Å². The fraction of sp³-hybridized carbons (Fsp3) is 0.643. The molecule has 0 radical (unpaired) electrons. The number of rotatable bonds is 1. The summed E-state index contributed by atoms with van der Waals surface area (Å²) in [4.78, 5) is 26.5. The van der Waals surface area contributed by atoms with Crippen LogP contribution in [0.15, 0.2) is 35.9 Å². The number of benzene rings is 1. The fourth-order valence-corrected chi connectivity index (χ4v) is 7.89. The smallest absolute Gasteiger partial charge is 0.412 e. The van der Waals surface area contributed by atoms with Crippen LogP contribution in [0.1, 0.15) is 83.5 Å². The first-order chi connectivity index (χ1) is 15.6. The van der Waals surface area contributed by atoms with Crippen LogP contribution in [0, 0.1) is 22.7 Å². The Kier molecular flexibility index (Phi) is 5.28. The average molecular weight is 452 g/mol. The maximum Gasteiger partial charge on any atom is 0.412 e. The average Bonchev–Trinajstić information content (AvgIpc) is 3.07. The van der Waals surface area contributed by atoms with Gasteiger partial charge in [0.05, 0.1) is 17.9 Å². The van der Waals surface area contributed by atoms with Crippen LogP contribution >= 0.6 is 0 Å². The van der Waals surface area contributed by atoms with Gasteiger partial charge in [0.1, 0.15) is 5.60 Å². The summed E-state index contributed by atoms with van der Waals surface area (Å²) in [5.74, 6) is 0.452. The molecule has 2 aliphatic carbocycles. The van der Waals surface area contributed by atoms with Crippen LogP contribution in [0.3, 0.4) is 0 Å². The lowest BCUT2D eigenvalue weighted by molar-refractivity contribution is -0.215. The Bertz CT molecular complexity index is 1010. The maximum absolute atomic E-state index is 13.3. The van der Waals surface area contributed by atoms with Crippen molar-refractivity contribution in [1.82, 2.24) is 0 Å². The molecule has 0 aromatic heterocycles. The number of allylic oxidation sites excluding steroid dienone is 1. The normalized spacial score (nSPS) is 42.2. The molecule has 1 amide bonds. The number of hydrogen-bond donors (Lipinski definition) is 1. The molecule has 5 heteroatoms. The van der Waals surface area contributed by atoms with Gasteiger partial charge in [-0.2, -0.15) is 0 Å². The number of carbonyl (C=O) groups is 2. The number of nitrogens with one attached hydrogen (secondary N) is 1. The van der Waals surface area contributed by atoms with Gasteiger partial charge in [-0.15, -0.1) is 0 Å².